The Labute approximate surface area is 302 Å². The summed E-state index contributed by atoms with van der Waals surface area (Å²) in [5, 5.41) is 3.68. The summed E-state index contributed by atoms with van der Waals surface area (Å²) < 4.78 is 3.86. The lowest BCUT2D eigenvalue weighted by molar-refractivity contribution is 1.28. The van der Waals surface area contributed by atoms with E-state index in [0.717, 1.165) is 33.1 Å². The normalized spacial score (nSPS) is 11.6. The van der Waals surface area contributed by atoms with Crippen molar-refractivity contribution in [2.24, 2.45) is 0 Å². The predicted octanol–water partition coefficient (Wildman–Crippen LogP) is 14.3. The van der Waals surface area contributed by atoms with Crippen molar-refractivity contribution in [1.29, 1.82) is 0 Å². The second-order valence-electron chi connectivity index (χ2n) is 12.4. The van der Waals surface area contributed by atoms with Crippen molar-refractivity contribution in [2.75, 3.05) is 4.90 Å². The molecule has 0 amide bonds. The van der Waals surface area contributed by atoms with Crippen LogP contribution in [0.2, 0.25) is 0 Å². The third-order valence-electron chi connectivity index (χ3n) is 9.35. The van der Waals surface area contributed by atoms with Gasteiger partial charge in [0.1, 0.15) is 5.01 Å². The van der Waals surface area contributed by atoms with Gasteiger partial charge in [0.25, 0.3) is 0 Å². The first-order chi connectivity index (χ1) is 24.7. The molecule has 8 aromatic rings. The van der Waals surface area contributed by atoms with Crippen molar-refractivity contribution in [3.63, 3.8) is 0 Å². The van der Waals surface area contributed by atoms with Gasteiger partial charge in [-0.05, 0) is 102 Å². The maximum absolute atomic E-state index is 4.93. The van der Waals surface area contributed by atoms with E-state index >= 15 is 0 Å². The van der Waals surface area contributed by atoms with Crippen LogP contribution in [-0.4, -0.2) is 4.98 Å². The monoisotopic (exact) mass is 692 g/mol. The fourth-order valence-corrected chi connectivity index (χ4v) is 9.99. The maximum Gasteiger partial charge on any atom is 0.124 e. The van der Waals surface area contributed by atoms with Gasteiger partial charge in [0, 0.05) is 52.4 Å². The van der Waals surface area contributed by atoms with Gasteiger partial charge in [-0.2, -0.15) is 0 Å². The number of anilines is 3. The number of thiazole rings is 1. The number of benzene rings is 6. The summed E-state index contributed by atoms with van der Waals surface area (Å²) in [5.74, 6) is 0. The van der Waals surface area contributed by atoms with Gasteiger partial charge in [-0.3, -0.25) is 0 Å². The lowest BCUT2D eigenvalue weighted by Crippen LogP contribution is -2.11. The molecule has 50 heavy (non-hydrogen) atoms. The van der Waals surface area contributed by atoms with Crippen LogP contribution in [0.5, 0.6) is 0 Å². The maximum atomic E-state index is 4.93. The second-order valence-corrected chi connectivity index (χ2v) is 15.6. The first-order valence-electron chi connectivity index (χ1n) is 16.6. The number of nitrogens with zero attached hydrogens (tertiary/aromatic N) is 2. The van der Waals surface area contributed by atoms with Gasteiger partial charge >= 0.3 is 0 Å². The molecule has 3 heterocycles. The predicted molar refractivity (Wildman–Crippen MR) is 218 cm³/mol. The SMILES string of the molecule is c1cc2ccc(-c3ccccc3N(c3ccc(-c4ccc5sc6ccccc6c5c4)cc3)c3ccc(-c4nc5ccccc5s4)cc3)sc-2c1. The van der Waals surface area contributed by atoms with Crippen molar-refractivity contribution in [3.8, 4) is 42.6 Å². The van der Waals surface area contributed by atoms with Crippen molar-refractivity contribution in [2.45, 2.75) is 0 Å². The Bertz CT molecular complexity index is 2730. The van der Waals surface area contributed by atoms with Gasteiger partial charge in [-0.1, -0.05) is 84.9 Å². The van der Waals surface area contributed by atoms with Crippen LogP contribution in [-0.2, 0) is 0 Å². The Morgan fingerprint density at radius 2 is 1.08 bits per heavy atom. The highest BCUT2D eigenvalue weighted by Crippen LogP contribution is 2.45. The summed E-state index contributed by atoms with van der Waals surface area (Å²) in [6.07, 6.45) is 0. The second kappa shape index (κ2) is 12.1. The van der Waals surface area contributed by atoms with E-state index < -0.39 is 0 Å². The Balaban J connectivity index is 1.08. The summed E-state index contributed by atoms with van der Waals surface area (Å²) in [6.45, 7) is 0. The van der Waals surface area contributed by atoms with Gasteiger partial charge in [0.15, 0.2) is 0 Å². The standard InChI is InChI=1S/C45H28N2S3/c1-4-12-39(36(10-1)42-26-20-30-8-7-15-40(30)48-42)47(34-24-18-31(19-25-34)45-46-38-11-3-6-14-44(38)50-45)33-22-16-29(17-23-33)32-21-27-43-37(28-32)35-9-2-5-13-41(35)49-43/h1-28H. The largest absolute Gasteiger partial charge is 0.310 e. The number of hydrogen-bond donors (Lipinski definition) is 0. The van der Waals surface area contributed by atoms with E-state index in [-0.39, 0.29) is 0 Å². The summed E-state index contributed by atoms with van der Waals surface area (Å²) in [6, 6.07) is 61.6. The van der Waals surface area contributed by atoms with Gasteiger partial charge in [-0.25, -0.2) is 4.98 Å². The molecule has 0 spiro atoms. The molecule has 236 valence electrons. The molecule has 0 saturated heterocycles. The molecule has 0 atom stereocenters. The fraction of sp³-hybridized carbons (Fsp3) is 0. The average molecular weight is 693 g/mol. The zero-order valence-electron chi connectivity index (χ0n) is 26.8. The third kappa shape index (κ3) is 5.10. The minimum atomic E-state index is 1.04. The number of fused-ring (bicyclic) bond motifs is 5. The molecule has 2 aliphatic rings. The van der Waals surface area contributed by atoms with Crippen LogP contribution in [0.25, 0.3) is 73.0 Å². The van der Waals surface area contributed by atoms with Crippen LogP contribution in [0.15, 0.2) is 170 Å². The van der Waals surface area contributed by atoms with Crippen LogP contribution < -0.4 is 4.90 Å². The summed E-state index contributed by atoms with van der Waals surface area (Å²) >= 11 is 5.44. The van der Waals surface area contributed by atoms with Crippen LogP contribution in [0.3, 0.4) is 0 Å². The summed E-state index contributed by atoms with van der Waals surface area (Å²) in [4.78, 5) is 9.85. The highest BCUT2D eigenvalue weighted by atomic mass is 32.1. The number of para-hydroxylation sites is 2. The Morgan fingerprint density at radius 1 is 0.400 bits per heavy atom. The molecule has 0 N–H and O–H groups in total. The molecule has 2 aromatic heterocycles. The Morgan fingerprint density at radius 3 is 1.92 bits per heavy atom. The minimum absolute atomic E-state index is 1.04. The molecule has 0 unspecified atom stereocenters. The lowest BCUT2D eigenvalue weighted by Gasteiger charge is -2.28. The van der Waals surface area contributed by atoms with E-state index in [2.05, 4.69) is 169 Å². The van der Waals surface area contributed by atoms with E-state index in [0.29, 0.717) is 0 Å². The molecule has 0 bridgehead atoms. The van der Waals surface area contributed by atoms with Crippen LogP contribution in [0.4, 0.5) is 17.1 Å². The molecule has 0 radical (unpaired) electrons. The first kappa shape index (κ1) is 29.3. The minimum Gasteiger partial charge on any atom is -0.310 e. The van der Waals surface area contributed by atoms with Crippen molar-refractivity contribution >= 4 is 81.5 Å². The quantitative estimate of drug-likeness (QED) is 0.172. The topological polar surface area (TPSA) is 16.1 Å². The Hall–Kier alpha value is -5.59. The number of rotatable bonds is 6. The lowest BCUT2D eigenvalue weighted by atomic mass is 10.0. The van der Waals surface area contributed by atoms with E-state index in [1.807, 2.05) is 28.7 Å². The smallest absolute Gasteiger partial charge is 0.124 e. The fourth-order valence-electron chi connectivity index (χ4n) is 6.87. The molecular formula is C45H28N2S3. The average Bonchev–Trinajstić information content (AvgIpc) is 3.92. The Kier molecular flexibility index (Phi) is 7.09. The molecule has 1 aliphatic carbocycles. The molecule has 0 saturated carbocycles. The highest BCUT2D eigenvalue weighted by Gasteiger charge is 2.19. The third-order valence-corrected chi connectivity index (χ3v) is 12.8. The number of aromatic nitrogens is 1. The van der Waals surface area contributed by atoms with E-state index in [1.54, 1.807) is 11.3 Å². The van der Waals surface area contributed by atoms with E-state index in [4.69, 9.17) is 4.98 Å². The van der Waals surface area contributed by atoms with Gasteiger partial charge in [0.2, 0.25) is 0 Å². The zero-order valence-corrected chi connectivity index (χ0v) is 29.2. The van der Waals surface area contributed by atoms with Gasteiger partial charge in [0.05, 0.1) is 15.9 Å². The van der Waals surface area contributed by atoms with Gasteiger partial charge in [-0.15, -0.1) is 34.0 Å². The van der Waals surface area contributed by atoms with Crippen LogP contribution >= 0.6 is 34.0 Å². The van der Waals surface area contributed by atoms with Crippen LogP contribution in [0, 0.1) is 0 Å². The molecule has 10 rings (SSSR count). The summed E-state index contributed by atoms with van der Waals surface area (Å²) in [5.41, 5.74) is 10.4. The number of hydrogen-bond acceptors (Lipinski definition) is 5. The molecule has 0 fully saturated rings. The van der Waals surface area contributed by atoms with Crippen molar-refractivity contribution in [3.05, 3.63) is 170 Å². The first-order valence-corrected chi connectivity index (χ1v) is 19.1. The van der Waals surface area contributed by atoms with Crippen molar-refractivity contribution < 1.29 is 0 Å². The van der Waals surface area contributed by atoms with E-state index in [9.17, 15) is 0 Å². The molecule has 5 heteroatoms. The van der Waals surface area contributed by atoms with Crippen LogP contribution in [0.1, 0.15) is 0 Å². The molecule has 1 aliphatic heterocycles. The highest BCUT2D eigenvalue weighted by molar-refractivity contribution is 7.25. The van der Waals surface area contributed by atoms with Gasteiger partial charge < -0.3 is 4.90 Å². The molecule has 2 nitrogen and oxygen atoms in total. The van der Waals surface area contributed by atoms with Crippen molar-refractivity contribution in [1.82, 2.24) is 4.98 Å². The van der Waals surface area contributed by atoms with E-state index in [1.165, 1.54) is 56.9 Å². The molecule has 6 aromatic carbocycles. The number of thiophene rings is 1. The summed E-state index contributed by atoms with van der Waals surface area (Å²) in [7, 11) is 0. The molecular weight excluding hydrogens is 665 g/mol. The zero-order chi connectivity index (χ0) is 33.0.